The zero-order valence-electron chi connectivity index (χ0n) is 19.4. The van der Waals surface area contributed by atoms with Crippen molar-refractivity contribution < 1.29 is 4.39 Å². The first kappa shape index (κ1) is 23.5. The second kappa shape index (κ2) is 10.9. The lowest BCUT2D eigenvalue weighted by Crippen LogP contribution is -2.44. The summed E-state index contributed by atoms with van der Waals surface area (Å²) in [5.74, 6) is 0.153. The van der Waals surface area contributed by atoms with Crippen LogP contribution in [0.15, 0.2) is 54.6 Å². The highest BCUT2D eigenvalue weighted by molar-refractivity contribution is 5.35. The molecule has 1 aliphatic carbocycles. The fraction of sp³-hybridized carbons (Fsp3) is 0.536. The van der Waals surface area contributed by atoms with Crippen LogP contribution < -0.4 is 0 Å². The van der Waals surface area contributed by atoms with Gasteiger partial charge >= 0.3 is 0 Å². The minimum Gasteiger partial charge on any atom is -0.298 e. The molecule has 0 bridgehead atoms. The van der Waals surface area contributed by atoms with Crippen molar-refractivity contribution in [2.24, 2.45) is 5.92 Å². The summed E-state index contributed by atoms with van der Waals surface area (Å²) in [6.07, 6.45) is 7.34. The quantitative estimate of drug-likeness (QED) is 0.395. The largest absolute Gasteiger partial charge is 0.298 e. The highest BCUT2D eigenvalue weighted by atomic mass is 19.1. The third-order valence-electron chi connectivity index (χ3n) is 7.34. The Hall–Kier alpha value is -2.18. The second-order valence-electron chi connectivity index (χ2n) is 9.39. The molecule has 1 fully saturated rings. The van der Waals surface area contributed by atoms with E-state index in [1.54, 1.807) is 0 Å². The van der Waals surface area contributed by atoms with Gasteiger partial charge < -0.3 is 0 Å². The molecule has 2 unspecified atom stereocenters. The molecule has 166 valence electrons. The molecule has 2 aromatic carbocycles. The average Bonchev–Trinajstić information content (AvgIpc) is 2.74. The highest BCUT2D eigenvalue weighted by Gasteiger charge is 2.44. The van der Waals surface area contributed by atoms with Crippen molar-refractivity contribution in [2.45, 2.75) is 83.2 Å². The molecule has 0 amide bonds. The molecule has 2 nitrogen and oxygen atoms in total. The monoisotopic (exact) mass is 420 g/mol. The van der Waals surface area contributed by atoms with Gasteiger partial charge in [-0.05, 0) is 81.5 Å². The minimum absolute atomic E-state index is 0.234. The van der Waals surface area contributed by atoms with Crippen LogP contribution in [0.4, 0.5) is 4.39 Å². The summed E-state index contributed by atoms with van der Waals surface area (Å²) in [5, 5.41) is 10.4. The predicted octanol–water partition coefficient (Wildman–Crippen LogP) is 6.90. The first-order valence-corrected chi connectivity index (χ1v) is 12.0. The smallest absolute Gasteiger partial charge is 0.123 e. The molecule has 31 heavy (non-hydrogen) atoms. The molecule has 0 saturated heterocycles. The fourth-order valence-corrected chi connectivity index (χ4v) is 5.21. The van der Waals surface area contributed by atoms with Crippen LogP contribution in [0.3, 0.4) is 0 Å². The van der Waals surface area contributed by atoms with Gasteiger partial charge in [0.1, 0.15) is 5.82 Å². The zero-order valence-corrected chi connectivity index (χ0v) is 19.4. The summed E-state index contributed by atoms with van der Waals surface area (Å²) in [7, 11) is 0. The lowest BCUT2D eigenvalue weighted by molar-refractivity contribution is 0.122. The number of hydrogen-bond acceptors (Lipinski definition) is 2. The normalized spacial score (nSPS) is 17.2. The van der Waals surface area contributed by atoms with E-state index < -0.39 is 5.41 Å². The first-order valence-electron chi connectivity index (χ1n) is 12.0. The third-order valence-corrected chi connectivity index (χ3v) is 7.34. The molecule has 2 atom stereocenters. The predicted molar refractivity (Wildman–Crippen MR) is 126 cm³/mol. The number of halogens is 1. The van der Waals surface area contributed by atoms with E-state index in [2.05, 4.69) is 62.1 Å². The van der Waals surface area contributed by atoms with Gasteiger partial charge in [0.15, 0.2) is 0 Å². The maximum Gasteiger partial charge on any atom is 0.123 e. The van der Waals surface area contributed by atoms with E-state index in [1.807, 2.05) is 12.1 Å². The van der Waals surface area contributed by atoms with Crippen molar-refractivity contribution in [2.75, 3.05) is 6.54 Å². The van der Waals surface area contributed by atoms with E-state index >= 15 is 0 Å². The van der Waals surface area contributed by atoms with Gasteiger partial charge in [-0.25, -0.2) is 4.39 Å². The molecule has 0 heterocycles. The van der Waals surface area contributed by atoms with Crippen molar-refractivity contribution in [1.82, 2.24) is 4.90 Å². The number of benzene rings is 2. The maximum absolute atomic E-state index is 13.6. The third kappa shape index (κ3) is 5.55. The van der Waals surface area contributed by atoms with Gasteiger partial charge in [-0.2, -0.15) is 5.26 Å². The maximum atomic E-state index is 13.6. The first-order chi connectivity index (χ1) is 15.0. The van der Waals surface area contributed by atoms with E-state index in [4.69, 9.17) is 0 Å². The Morgan fingerprint density at radius 2 is 1.77 bits per heavy atom. The van der Waals surface area contributed by atoms with E-state index in [0.717, 1.165) is 50.6 Å². The molecule has 2 aromatic rings. The van der Waals surface area contributed by atoms with Crippen LogP contribution in [0, 0.1) is 23.1 Å². The van der Waals surface area contributed by atoms with E-state index in [-0.39, 0.29) is 5.82 Å². The van der Waals surface area contributed by atoms with Crippen molar-refractivity contribution in [3.8, 4) is 6.07 Å². The number of rotatable bonds is 11. The molecule has 0 N–H and O–H groups in total. The van der Waals surface area contributed by atoms with Gasteiger partial charge in [0.25, 0.3) is 0 Å². The summed E-state index contributed by atoms with van der Waals surface area (Å²) in [5.41, 5.74) is 1.87. The van der Waals surface area contributed by atoms with Crippen molar-refractivity contribution in [1.29, 1.82) is 5.26 Å². The molecule has 0 radical (unpaired) electrons. The highest BCUT2D eigenvalue weighted by Crippen LogP contribution is 2.47. The van der Waals surface area contributed by atoms with Crippen molar-refractivity contribution in [3.63, 3.8) is 0 Å². The molecule has 3 heteroatoms. The zero-order chi connectivity index (χ0) is 22.3. The molecule has 0 aliphatic heterocycles. The van der Waals surface area contributed by atoms with Crippen molar-refractivity contribution >= 4 is 0 Å². The van der Waals surface area contributed by atoms with Crippen LogP contribution >= 0.6 is 0 Å². The molecule has 0 spiro atoms. The van der Waals surface area contributed by atoms with Crippen molar-refractivity contribution in [3.05, 3.63) is 71.5 Å². The Kier molecular flexibility index (Phi) is 8.27. The second-order valence-corrected chi connectivity index (χ2v) is 9.39. The number of nitrogens with zero attached hydrogens (tertiary/aromatic N) is 2. The van der Waals surface area contributed by atoms with Crippen LogP contribution in [0.5, 0.6) is 0 Å². The molecule has 0 aromatic heterocycles. The SMILES string of the molecule is CCC(CCC(C#N)(c1ccc(F)cc1)C1CCC1)N(CCc1ccccc1)C(C)C. The Labute approximate surface area is 188 Å². The van der Waals surface area contributed by atoms with Crippen LogP contribution in [-0.2, 0) is 11.8 Å². The van der Waals surface area contributed by atoms with Gasteiger partial charge in [-0.1, -0.05) is 55.8 Å². The molecule has 1 aliphatic rings. The Balaban J connectivity index is 1.75. The summed E-state index contributed by atoms with van der Waals surface area (Å²) >= 11 is 0. The lowest BCUT2D eigenvalue weighted by Gasteiger charge is -2.43. The van der Waals surface area contributed by atoms with Gasteiger partial charge in [-0.3, -0.25) is 4.90 Å². The number of nitriles is 1. The van der Waals surface area contributed by atoms with E-state index in [1.165, 1.54) is 24.1 Å². The van der Waals surface area contributed by atoms with Crippen LogP contribution in [0.1, 0.15) is 70.4 Å². The van der Waals surface area contributed by atoms with Gasteiger partial charge in [0.05, 0.1) is 11.5 Å². The average molecular weight is 421 g/mol. The van der Waals surface area contributed by atoms with Crippen LogP contribution in [0.25, 0.3) is 0 Å². The summed E-state index contributed by atoms with van der Waals surface area (Å²) in [4.78, 5) is 2.61. The Bertz CT molecular complexity index is 836. The Morgan fingerprint density at radius 1 is 1.10 bits per heavy atom. The summed E-state index contributed by atoms with van der Waals surface area (Å²) < 4.78 is 13.6. The van der Waals surface area contributed by atoms with Gasteiger partial charge in [0.2, 0.25) is 0 Å². The summed E-state index contributed by atoms with van der Waals surface area (Å²) in [6.45, 7) is 7.84. The lowest BCUT2D eigenvalue weighted by atomic mass is 9.60. The van der Waals surface area contributed by atoms with Crippen LogP contribution in [0.2, 0.25) is 0 Å². The Morgan fingerprint density at radius 3 is 2.29 bits per heavy atom. The van der Waals surface area contributed by atoms with E-state index in [9.17, 15) is 9.65 Å². The number of hydrogen-bond donors (Lipinski definition) is 0. The fourth-order valence-electron chi connectivity index (χ4n) is 5.21. The molecule has 3 rings (SSSR count). The standard InChI is InChI=1S/C28H37FN2/c1-4-27(31(22(2)3)20-18-23-9-6-5-7-10-23)17-19-28(21-30,24-11-8-12-24)25-13-15-26(29)16-14-25/h5-7,9-10,13-16,22,24,27H,4,8,11-12,17-20H2,1-3H3. The molecule has 1 saturated carbocycles. The van der Waals surface area contributed by atoms with E-state index in [0.29, 0.717) is 18.0 Å². The molecular weight excluding hydrogens is 383 g/mol. The minimum atomic E-state index is -0.499. The van der Waals surface area contributed by atoms with Gasteiger partial charge in [-0.15, -0.1) is 0 Å². The summed E-state index contributed by atoms with van der Waals surface area (Å²) in [6, 6.07) is 21.0. The van der Waals surface area contributed by atoms with Crippen LogP contribution in [-0.4, -0.2) is 23.5 Å². The molecular formula is C28H37FN2. The van der Waals surface area contributed by atoms with Gasteiger partial charge in [0, 0.05) is 18.6 Å². The topological polar surface area (TPSA) is 27.0 Å².